The molecule has 1 aromatic rings. The molecule has 0 aliphatic carbocycles. The monoisotopic (exact) mass is 252 g/mol. The van der Waals surface area contributed by atoms with Crippen molar-refractivity contribution in [3.05, 3.63) is 29.8 Å². The van der Waals surface area contributed by atoms with Gasteiger partial charge >= 0.3 is 0 Å². The predicted molar refractivity (Wildman–Crippen MR) is 62.6 cm³/mol. The van der Waals surface area contributed by atoms with Gasteiger partial charge in [0.15, 0.2) is 0 Å². The van der Waals surface area contributed by atoms with Crippen molar-refractivity contribution in [2.24, 2.45) is 0 Å². The van der Waals surface area contributed by atoms with Gasteiger partial charge in [-0.25, -0.2) is 0 Å². The summed E-state index contributed by atoms with van der Waals surface area (Å²) in [7, 11) is 2.01. The lowest BCUT2D eigenvalue weighted by atomic mass is 10.2. The van der Waals surface area contributed by atoms with E-state index in [4.69, 9.17) is 5.26 Å². The number of hydrogen-bond donors (Lipinski definition) is 0. The van der Waals surface area contributed by atoms with Crippen LogP contribution in [0.5, 0.6) is 0 Å². The number of para-hydroxylation sites is 1. The number of nitrogens with zero attached hydrogens (tertiary/aromatic N) is 2. The quantitative estimate of drug-likeness (QED) is 0.771. The van der Waals surface area contributed by atoms with E-state index in [1.54, 1.807) is 0 Å². The van der Waals surface area contributed by atoms with Crippen LogP contribution in [0, 0.1) is 11.3 Å². The van der Waals surface area contributed by atoms with E-state index in [2.05, 4.69) is 39.0 Å². The Morgan fingerprint density at radius 2 is 2.14 bits per heavy atom. The number of hydrogen-bond acceptors (Lipinski definition) is 2. The molecule has 0 aromatic heterocycles. The van der Waals surface area contributed by atoms with Gasteiger partial charge in [-0.1, -0.05) is 34.1 Å². The SMILES string of the molecule is CN(CCC#N)c1ccccc1CBr. The first-order valence-corrected chi connectivity index (χ1v) is 5.63. The second kappa shape index (κ2) is 5.66. The zero-order chi connectivity index (χ0) is 10.4. The first-order valence-electron chi connectivity index (χ1n) is 4.51. The van der Waals surface area contributed by atoms with Crippen molar-refractivity contribution < 1.29 is 0 Å². The third kappa shape index (κ3) is 2.74. The van der Waals surface area contributed by atoms with E-state index in [9.17, 15) is 0 Å². The van der Waals surface area contributed by atoms with Crippen LogP contribution in [0.4, 0.5) is 5.69 Å². The minimum atomic E-state index is 0.563. The van der Waals surface area contributed by atoms with Gasteiger partial charge in [-0.15, -0.1) is 0 Å². The van der Waals surface area contributed by atoms with Gasteiger partial charge in [0.1, 0.15) is 0 Å². The van der Waals surface area contributed by atoms with E-state index >= 15 is 0 Å². The van der Waals surface area contributed by atoms with Gasteiger partial charge in [-0.05, 0) is 11.6 Å². The topological polar surface area (TPSA) is 27.0 Å². The third-order valence-electron chi connectivity index (χ3n) is 2.11. The zero-order valence-corrected chi connectivity index (χ0v) is 9.79. The Bertz CT molecular complexity index is 330. The van der Waals surface area contributed by atoms with Crippen molar-refractivity contribution in [1.29, 1.82) is 5.26 Å². The molecule has 0 unspecified atom stereocenters. The van der Waals surface area contributed by atoms with Crippen molar-refractivity contribution in [1.82, 2.24) is 0 Å². The maximum Gasteiger partial charge on any atom is 0.0640 e. The number of anilines is 1. The molecular formula is C11H13BrN2. The Morgan fingerprint density at radius 1 is 1.43 bits per heavy atom. The molecular weight excluding hydrogens is 240 g/mol. The van der Waals surface area contributed by atoms with E-state index in [1.165, 1.54) is 11.3 Å². The number of halogens is 1. The zero-order valence-electron chi connectivity index (χ0n) is 8.20. The highest BCUT2D eigenvalue weighted by Gasteiger charge is 2.04. The lowest BCUT2D eigenvalue weighted by Crippen LogP contribution is -2.19. The Balaban J connectivity index is 2.78. The summed E-state index contributed by atoms with van der Waals surface area (Å²) >= 11 is 3.45. The molecule has 0 fully saturated rings. The van der Waals surface area contributed by atoms with Crippen molar-refractivity contribution in [2.75, 3.05) is 18.5 Å². The number of nitriles is 1. The molecule has 1 aromatic carbocycles. The van der Waals surface area contributed by atoms with Crippen LogP contribution in [0.3, 0.4) is 0 Å². The molecule has 0 radical (unpaired) electrons. The highest BCUT2D eigenvalue weighted by atomic mass is 79.9. The first kappa shape index (κ1) is 11.1. The molecule has 0 N–H and O–H groups in total. The molecule has 0 heterocycles. The Hall–Kier alpha value is -1.01. The lowest BCUT2D eigenvalue weighted by molar-refractivity contribution is 0.900. The Morgan fingerprint density at radius 3 is 2.79 bits per heavy atom. The van der Waals surface area contributed by atoms with E-state index in [-0.39, 0.29) is 0 Å². The average Bonchev–Trinajstić information content (AvgIpc) is 2.25. The maximum atomic E-state index is 8.50. The van der Waals surface area contributed by atoms with E-state index in [0.717, 1.165) is 11.9 Å². The molecule has 74 valence electrons. The van der Waals surface area contributed by atoms with Crippen LogP contribution in [-0.2, 0) is 5.33 Å². The molecule has 2 nitrogen and oxygen atoms in total. The minimum Gasteiger partial charge on any atom is -0.373 e. The van der Waals surface area contributed by atoms with Crippen LogP contribution in [0.25, 0.3) is 0 Å². The highest BCUT2D eigenvalue weighted by molar-refractivity contribution is 9.08. The summed E-state index contributed by atoms with van der Waals surface area (Å²) in [6, 6.07) is 10.4. The van der Waals surface area contributed by atoms with Crippen LogP contribution in [-0.4, -0.2) is 13.6 Å². The molecule has 0 atom stereocenters. The van der Waals surface area contributed by atoms with Crippen molar-refractivity contribution in [3.8, 4) is 6.07 Å². The van der Waals surface area contributed by atoms with Gasteiger partial charge < -0.3 is 4.90 Å². The summed E-state index contributed by atoms with van der Waals surface area (Å²) in [6.45, 7) is 0.778. The average molecular weight is 253 g/mol. The fraction of sp³-hybridized carbons (Fsp3) is 0.364. The van der Waals surface area contributed by atoms with Crippen LogP contribution < -0.4 is 4.90 Å². The van der Waals surface area contributed by atoms with Gasteiger partial charge in [0.25, 0.3) is 0 Å². The third-order valence-corrected chi connectivity index (χ3v) is 2.71. The molecule has 0 saturated carbocycles. The second-order valence-corrected chi connectivity index (χ2v) is 3.65. The summed E-state index contributed by atoms with van der Waals surface area (Å²) in [5, 5.41) is 9.35. The molecule has 14 heavy (non-hydrogen) atoms. The van der Waals surface area contributed by atoms with Crippen molar-refractivity contribution in [2.45, 2.75) is 11.8 Å². The van der Waals surface area contributed by atoms with Gasteiger partial charge in [-0.3, -0.25) is 0 Å². The molecule has 0 saturated heterocycles. The summed E-state index contributed by atoms with van der Waals surface area (Å²) in [6.07, 6.45) is 0.563. The fourth-order valence-electron chi connectivity index (χ4n) is 1.33. The molecule has 3 heteroatoms. The molecule has 0 amide bonds. The first-order chi connectivity index (χ1) is 6.79. The number of benzene rings is 1. The summed E-state index contributed by atoms with van der Waals surface area (Å²) in [5.74, 6) is 0. The predicted octanol–water partition coefficient (Wildman–Crippen LogP) is 2.93. The van der Waals surface area contributed by atoms with E-state index < -0.39 is 0 Å². The molecule has 0 bridgehead atoms. The normalized spacial score (nSPS) is 9.50. The summed E-state index contributed by atoms with van der Waals surface area (Å²) in [4.78, 5) is 2.11. The van der Waals surface area contributed by atoms with Crippen LogP contribution >= 0.6 is 15.9 Å². The van der Waals surface area contributed by atoms with Crippen molar-refractivity contribution in [3.63, 3.8) is 0 Å². The fourth-order valence-corrected chi connectivity index (χ4v) is 1.81. The Labute approximate surface area is 93.3 Å². The van der Waals surface area contributed by atoms with Crippen LogP contribution in [0.15, 0.2) is 24.3 Å². The largest absolute Gasteiger partial charge is 0.373 e. The molecule has 0 aliphatic rings. The van der Waals surface area contributed by atoms with Crippen LogP contribution in [0.2, 0.25) is 0 Å². The second-order valence-electron chi connectivity index (χ2n) is 3.09. The van der Waals surface area contributed by atoms with E-state index in [1.807, 2.05) is 19.2 Å². The van der Waals surface area contributed by atoms with Crippen LogP contribution in [0.1, 0.15) is 12.0 Å². The van der Waals surface area contributed by atoms with Gasteiger partial charge in [0.2, 0.25) is 0 Å². The number of rotatable bonds is 4. The van der Waals surface area contributed by atoms with Gasteiger partial charge in [-0.2, -0.15) is 5.26 Å². The molecule has 0 spiro atoms. The van der Waals surface area contributed by atoms with Crippen molar-refractivity contribution >= 4 is 21.6 Å². The minimum absolute atomic E-state index is 0.563. The smallest absolute Gasteiger partial charge is 0.0640 e. The summed E-state index contributed by atoms with van der Waals surface area (Å²) < 4.78 is 0. The Kier molecular flexibility index (Phi) is 4.48. The standard InChI is InChI=1S/C11H13BrN2/c1-14(8-4-7-13)11-6-3-2-5-10(11)9-12/h2-3,5-6H,4,8-9H2,1H3. The summed E-state index contributed by atoms with van der Waals surface area (Å²) in [5.41, 5.74) is 2.45. The molecule has 1 rings (SSSR count). The molecule has 0 aliphatic heterocycles. The number of alkyl halides is 1. The van der Waals surface area contributed by atoms with Gasteiger partial charge in [0, 0.05) is 24.6 Å². The maximum absolute atomic E-state index is 8.50. The van der Waals surface area contributed by atoms with E-state index in [0.29, 0.717) is 6.42 Å². The highest BCUT2D eigenvalue weighted by Crippen LogP contribution is 2.21. The lowest BCUT2D eigenvalue weighted by Gasteiger charge is -2.20. The van der Waals surface area contributed by atoms with Gasteiger partial charge in [0.05, 0.1) is 12.5 Å².